The number of aliphatic imine (C=N–C) groups is 1. The van der Waals surface area contributed by atoms with Crippen LogP contribution in [0.2, 0.25) is 0 Å². The van der Waals surface area contributed by atoms with E-state index in [1.807, 2.05) is 7.05 Å². The molecule has 0 atom stereocenters. The number of hydrogen-bond donors (Lipinski definition) is 1. The lowest BCUT2D eigenvalue weighted by molar-refractivity contribution is 0.438. The van der Waals surface area contributed by atoms with E-state index >= 15 is 0 Å². The predicted octanol–water partition coefficient (Wildman–Crippen LogP) is 2.71. The quantitative estimate of drug-likeness (QED) is 0.431. The molecule has 2 aliphatic heterocycles. The molecule has 0 saturated carbocycles. The molecule has 4 rings (SSSR count). The van der Waals surface area contributed by atoms with Crippen molar-refractivity contribution in [2.75, 3.05) is 20.1 Å². The number of aryl methyl sites for hydroxylation is 1. The van der Waals surface area contributed by atoms with Crippen LogP contribution in [-0.4, -0.2) is 45.8 Å². The Morgan fingerprint density at radius 3 is 2.73 bits per heavy atom. The van der Waals surface area contributed by atoms with Crippen molar-refractivity contribution in [1.82, 2.24) is 25.0 Å². The number of guanidine groups is 1. The minimum absolute atomic E-state index is 0. The van der Waals surface area contributed by atoms with E-state index < -0.39 is 0 Å². The fourth-order valence-electron chi connectivity index (χ4n) is 3.61. The van der Waals surface area contributed by atoms with Crippen LogP contribution in [0.4, 0.5) is 0 Å². The molecule has 1 aromatic carbocycles. The van der Waals surface area contributed by atoms with Gasteiger partial charge in [0, 0.05) is 33.1 Å². The molecule has 1 aromatic heterocycles. The lowest BCUT2D eigenvalue weighted by Gasteiger charge is -2.29. The molecule has 1 N–H and O–H groups in total. The Kier molecular flexibility index (Phi) is 6.29. The molecule has 0 aliphatic carbocycles. The van der Waals surface area contributed by atoms with Gasteiger partial charge in [-0.1, -0.05) is 36.4 Å². The summed E-state index contributed by atoms with van der Waals surface area (Å²) in [5.74, 6) is 3.05. The van der Waals surface area contributed by atoms with E-state index in [0.717, 1.165) is 50.1 Å². The normalized spacial score (nSPS) is 16.7. The van der Waals surface area contributed by atoms with Crippen LogP contribution in [-0.2, 0) is 19.5 Å². The summed E-state index contributed by atoms with van der Waals surface area (Å²) in [6.07, 6.45) is 5.55. The first-order chi connectivity index (χ1) is 12.3. The second-order valence-corrected chi connectivity index (χ2v) is 6.48. The summed E-state index contributed by atoms with van der Waals surface area (Å²) in [5.41, 5.74) is 2.74. The van der Waals surface area contributed by atoms with Gasteiger partial charge < -0.3 is 14.8 Å². The Hall–Kier alpha value is -1.90. The van der Waals surface area contributed by atoms with Crippen molar-refractivity contribution < 1.29 is 0 Å². The van der Waals surface area contributed by atoms with Gasteiger partial charge in [-0.15, -0.1) is 34.2 Å². The maximum Gasteiger partial charge on any atom is 0.194 e. The third kappa shape index (κ3) is 3.92. The van der Waals surface area contributed by atoms with Crippen LogP contribution in [0, 0.1) is 0 Å². The van der Waals surface area contributed by atoms with Crippen molar-refractivity contribution in [3.63, 3.8) is 0 Å². The summed E-state index contributed by atoms with van der Waals surface area (Å²) in [6, 6.07) is 10.6. The first kappa shape index (κ1) is 18.9. The van der Waals surface area contributed by atoms with Crippen molar-refractivity contribution in [3.8, 4) is 0 Å². The minimum atomic E-state index is 0. The van der Waals surface area contributed by atoms with E-state index in [1.54, 1.807) is 0 Å². The van der Waals surface area contributed by atoms with Gasteiger partial charge in [0.15, 0.2) is 11.8 Å². The third-order valence-electron chi connectivity index (χ3n) is 4.96. The maximum atomic E-state index is 4.45. The molecule has 0 fully saturated rings. The van der Waals surface area contributed by atoms with Gasteiger partial charge in [-0.25, -0.2) is 0 Å². The molecular weight excluding hydrogens is 439 g/mol. The van der Waals surface area contributed by atoms with Crippen molar-refractivity contribution >= 4 is 35.5 Å². The van der Waals surface area contributed by atoms with Gasteiger partial charge in [0.05, 0.1) is 6.54 Å². The summed E-state index contributed by atoms with van der Waals surface area (Å²) in [7, 11) is 1.84. The lowest BCUT2D eigenvalue weighted by atomic mass is 10.00. The SMILES string of the molecule is CN=C(NCc1nnc2n1CCC2)N1CC=C(c2ccccc2)CC1.I. The Bertz CT molecular complexity index is 796. The molecule has 138 valence electrons. The van der Waals surface area contributed by atoms with Gasteiger partial charge in [0.25, 0.3) is 0 Å². The van der Waals surface area contributed by atoms with Crippen LogP contribution in [0.1, 0.15) is 30.1 Å². The topological polar surface area (TPSA) is 58.3 Å². The number of fused-ring (bicyclic) bond motifs is 1. The highest BCUT2D eigenvalue weighted by Gasteiger charge is 2.19. The summed E-state index contributed by atoms with van der Waals surface area (Å²) < 4.78 is 2.23. The standard InChI is InChI=1S/C19H24N6.HI/c1-20-19(21-14-18-23-22-17-8-5-11-25(17)18)24-12-9-16(10-13-24)15-6-3-2-4-7-15;/h2-4,6-7,9H,5,8,10-14H2,1H3,(H,20,21);1H. The molecule has 3 heterocycles. The van der Waals surface area contributed by atoms with E-state index in [0.29, 0.717) is 6.54 Å². The van der Waals surface area contributed by atoms with E-state index in [9.17, 15) is 0 Å². The zero-order valence-electron chi connectivity index (χ0n) is 15.1. The summed E-state index contributed by atoms with van der Waals surface area (Å²) in [4.78, 5) is 6.73. The first-order valence-corrected chi connectivity index (χ1v) is 8.96. The van der Waals surface area contributed by atoms with Gasteiger partial charge >= 0.3 is 0 Å². The molecule has 7 heteroatoms. The van der Waals surface area contributed by atoms with Crippen LogP contribution in [0.5, 0.6) is 0 Å². The van der Waals surface area contributed by atoms with Crippen LogP contribution in [0.15, 0.2) is 41.4 Å². The van der Waals surface area contributed by atoms with Crippen molar-refractivity contribution in [2.45, 2.75) is 32.4 Å². The zero-order valence-corrected chi connectivity index (χ0v) is 17.4. The summed E-state index contributed by atoms with van der Waals surface area (Å²) >= 11 is 0. The number of nitrogens with one attached hydrogen (secondary N) is 1. The van der Waals surface area contributed by atoms with Crippen molar-refractivity contribution in [3.05, 3.63) is 53.6 Å². The highest BCUT2D eigenvalue weighted by atomic mass is 127. The van der Waals surface area contributed by atoms with Crippen LogP contribution in [0.3, 0.4) is 0 Å². The molecule has 0 amide bonds. The van der Waals surface area contributed by atoms with Gasteiger partial charge in [-0.3, -0.25) is 4.99 Å². The van der Waals surface area contributed by atoms with Gasteiger partial charge in [-0.2, -0.15) is 0 Å². The average molecular weight is 464 g/mol. The van der Waals surface area contributed by atoms with Crippen molar-refractivity contribution in [2.24, 2.45) is 4.99 Å². The molecule has 2 aromatic rings. The van der Waals surface area contributed by atoms with E-state index in [1.165, 1.54) is 17.6 Å². The summed E-state index contributed by atoms with van der Waals surface area (Å²) in [5, 5.41) is 12.0. The second kappa shape index (κ2) is 8.66. The van der Waals surface area contributed by atoms with Gasteiger partial charge in [0.2, 0.25) is 0 Å². The first-order valence-electron chi connectivity index (χ1n) is 8.96. The average Bonchev–Trinajstić information content (AvgIpc) is 3.28. The molecular formula is C19H25IN6. The Morgan fingerprint density at radius 1 is 1.15 bits per heavy atom. The Labute approximate surface area is 171 Å². The Balaban J connectivity index is 0.00000196. The largest absolute Gasteiger partial charge is 0.349 e. The fourth-order valence-corrected chi connectivity index (χ4v) is 3.61. The molecule has 26 heavy (non-hydrogen) atoms. The fraction of sp³-hybridized carbons (Fsp3) is 0.421. The number of nitrogens with zero attached hydrogens (tertiary/aromatic N) is 5. The Morgan fingerprint density at radius 2 is 2.00 bits per heavy atom. The second-order valence-electron chi connectivity index (χ2n) is 6.48. The molecule has 6 nitrogen and oxygen atoms in total. The summed E-state index contributed by atoms with van der Waals surface area (Å²) in [6.45, 7) is 3.55. The predicted molar refractivity (Wildman–Crippen MR) is 115 cm³/mol. The van der Waals surface area contributed by atoms with Crippen LogP contribution >= 0.6 is 24.0 Å². The number of benzene rings is 1. The lowest BCUT2D eigenvalue weighted by Crippen LogP contribution is -2.43. The smallest absolute Gasteiger partial charge is 0.194 e. The molecule has 0 spiro atoms. The van der Waals surface area contributed by atoms with Crippen LogP contribution < -0.4 is 5.32 Å². The van der Waals surface area contributed by atoms with Gasteiger partial charge in [-0.05, 0) is 24.0 Å². The van der Waals surface area contributed by atoms with Crippen LogP contribution in [0.25, 0.3) is 5.57 Å². The number of rotatable bonds is 3. The third-order valence-corrected chi connectivity index (χ3v) is 4.96. The number of aromatic nitrogens is 3. The van der Waals surface area contributed by atoms with E-state index in [-0.39, 0.29) is 24.0 Å². The highest BCUT2D eigenvalue weighted by Crippen LogP contribution is 2.22. The molecule has 2 aliphatic rings. The maximum absolute atomic E-state index is 4.45. The van der Waals surface area contributed by atoms with Gasteiger partial charge in [0.1, 0.15) is 5.82 Å². The van der Waals surface area contributed by atoms with E-state index in [4.69, 9.17) is 0 Å². The molecule has 0 saturated heterocycles. The number of hydrogen-bond acceptors (Lipinski definition) is 3. The monoisotopic (exact) mass is 464 g/mol. The zero-order chi connectivity index (χ0) is 17.1. The molecule has 0 radical (unpaired) electrons. The van der Waals surface area contributed by atoms with Crippen molar-refractivity contribution in [1.29, 1.82) is 0 Å². The molecule has 0 unspecified atom stereocenters. The molecule has 0 bridgehead atoms. The van der Waals surface area contributed by atoms with E-state index in [2.05, 4.69) is 66.4 Å². The number of halogens is 1. The minimum Gasteiger partial charge on any atom is -0.349 e. The highest BCUT2D eigenvalue weighted by molar-refractivity contribution is 14.0.